The summed E-state index contributed by atoms with van der Waals surface area (Å²) in [7, 11) is 0. The molecule has 0 radical (unpaired) electrons. The summed E-state index contributed by atoms with van der Waals surface area (Å²) in [6, 6.07) is 20.6. The number of carboxylic acids is 1. The quantitative estimate of drug-likeness (QED) is 0.713. The number of rotatable bonds is 4. The number of phenols is 1. The second kappa shape index (κ2) is 6.38. The third-order valence-corrected chi connectivity index (χ3v) is 3.72. The van der Waals surface area contributed by atoms with Gasteiger partial charge in [-0.05, 0) is 35.4 Å². The average molecular weight is 318 g/mol. The normalized spacial score (nSPS) is 10.3. The number of aromatic hydroxyl groups is 1. The first kappa shape index (κ1) is 15.5. The van der Waals surface area contributed by atoms with Gasteiger partial charge < -0.3 is 10.2 Å². The fourth-order valence-corrected chi connectivity index (χ4v) is 2.49. The molecule has 0 bridgehead atoms. The zero-order chi connectivity index (χ0) is 17.1. The minimum absolute atomic E-state index is 0.218. The van der Waals surface area contributed by atoms with Gasteiger partial charge >= 0.3 is 5.97 Å². The van der Waals surface area contributed by atoms with Crippen LogP contribution in [0.5, 0.6) is 5.75 Å². The van der Waals surface area contributed by atoms with Crippen LogP contribution in [0.1, 0.15) is 26.3 Å². The highest BCUT2D eigenvalue weighted by Gasteiger charge is 2.15. The molecule has 3 aromatic carbocycles. The molecule has 0 saturated heterocycles. The standard InChI is InChI=1S/C20H14O4/c21-18-10-9-16(12-17(18)20(23)24)19(22)15-8-4-7-14(11-15)13-5-2-1-3-6-13/h1-12,21H,(H,23,24). The number of hydrogen-bond donors (Lipinski definition) is 2. The number of carbonyl (C=O) groups excluding carboxylic acids is 1. The fourth-order valence-electron chi connectivity index (χ4n) is 2.49. The molecule has 4 nitrogen and oxygen atoms in total. The van der Waals surface area contributed by atoms with E-state index in [1.807, 2.05) is 36.4 Å². The second-order valence-corrected chi connectivity index (χ2v) is 5.31. The molecule has 118 valence electrons. The third kappa shape index (κ3) is 3.03. The van der Waals surface area contributed by atoms with E-state index in [0.29, 0.717) is 5.56 Å². The van der Waals surface area contributed by atoms with Crippen molar-refractivity contribution in [2.75, 3.05) is 0 Å². The van der Waals surface area contributed by atoms with Crippen molar-refractivity contribution in [3.63, 3.8) is 0 Å². The molecular weight excluding hydrogens is 304 g/mol. The van der Waals surface area contributed by atoms with E-state index in [2.05, 4.69) is 0 Å². The number of benzene rings is 3. The molecule has 3 rings (SSSR count). The van der Waals surface area contributed by atoms with Gasteiger partial charge in [0.1, 0.15) is 11.3 Å². The molecule has 2 N–H and O–H groups in total. The maximum atomic E-state index is 12.6. The van der Waals surface area contributed by atoms with E-state index in [4.69, 9.17) is 5.11 Å². The average Bonchev–Trinajstić information content (AvgIpc) is 2.62. The van der Waals surface area contributed by atoms with Crippen molar-refractivity contribution in [1.29, 1.82) is 0 Å². The number of carbonyl (C=O) groups is 2. The van der Waals surface area contributed by atoms with E-state index in [1.54, 1.807) is 18.2 Å². The lowest BCUT2D eigenvalue weighted by molar-refractivity contribution is 0.0693. The van der Waals surface area contributed by atoms with Gasteiger partial charge in [0.25, 0.3) is 0 Å². The highest BCUT2D eigenvalue weighted by atomic mass is 16.4. The van der Waals surface area contributed by atoms with Gasteiger partial charge in [-0.15, -0.1) is 0 Å². The molecule has 0 spiro atoms. The van der Waals surface area contributed by atoms with Crippen molar-refractivity contribution in [2.45, 2.75) is 0 Å². The molecule has 0 amide bonds. The van der Waals surface area contributed by atoms with Crippen LogP contribution in [0, 0.1) is 0 Å². The summed E-state index contributed by atoms with van der Waals surface area (Å²) in [6.07, 6.45) is 0. The van der Waals surface area contributed by atoms with Crippen LogP contribution in [0.25, 0.3) is 11.1 Å². The molecule has 0 unspecified atom stereocenters. The van der Waals surface area contributed by atoms with Crippen LogP contribution in [0.15, 0.2) is 72.8 Å². The third-order valence-electron chi connectivity index (χ3n) is 3.72. The highest BCUT2D eigenvalue weighted by molar-refractivity contribution is 6.10. The lowest BCUT2D eigenvalue weighted by Crippen LogP contribution is -2.05. The Morgan fingerprint density at radius 1 is 0.708 bits per heavy atom. The first-order chi connectivity index (χ1) is 11.6. The Morgan fingerprint density at radius 3 is 2.08 bits per heavy atom. The topological polar surface area (TPSA) is 74.6 Å². The van der Waals surface area contributed by atoms with Gasteiger partial charge in [-0.25, -0.2) is 4.79 Å². The van der Waals surface area contributed by atoms with Crippen molar-refractivity contribution in [1.82, 2.24) is 0 Å². The monoisotopic (exact) mass is 318 g/mol. The van der Waals surface area contributed by atoms with Gasteiger partial charge in [0.2, 0.25) is 0 Å². The van der Waals surface area contributed by atoms with Crippen LogP contribution in [0.4, 0.5) is 0 Å². The van der Waals surface area contributed by atoms with E-state index in [1.165, 1.54) is 18.2 Å². The Bertz CT molecular complexity index is 914. The predicted molar refractivity (Wildman–Crippen MR) is 90.4 cm³/mol. The fraction of sp³-hybridized carbons (Fsp3) is 0. The van der Waals surface area contributed by atoms with Crippen LogP contribution in [0.3, 0.4) is 0 Å². The summed E-state index contributed by atoms with van der Waals surface area (Å²) < 4.78 is 0. The maximum Gasteiger partial charge on any atom is 0.339 e. The summed E-state index contributed by atoms with van der Waals surface area (Å²) in [5.74, 6) is -1.94. The largest absolute Gasteiger partial charge is 0.507 e. The van der Waals surface area contributed by atoms with Gasteiger partial charge in [-0.2, -0.15) is 0 Å². The van der Waals surface area contributed by atoms with Crippen molar-refractivity contribution in [2.24, 2.45) is 0 Å². The van der Waals surface area contributed by atoms with E-state index in [0.717, 1.165) is 11.1 Å². The zero-order valence-electron chi connectivity index (χ0n) is 12.6. The lowest BCUT2D eigenvalue weighted by Gasteiger charge is -2.07. The lowest BCUT2D eigenvalue weighted by atomic mass is 9.97. The van der Waals surface area contributed by atoms with E-state index >= 15 is 0 Å². The molecule has 24 heavy (non-hydrogen) atoms. The summed E-state index contributed by atoms with van der Waals surface area (Å²) in [4.78, 5) is 23.7. The molecule has 0 atom stereocenters. The van der Waals surface area contributed by atoms with E-state index in [-0.39, 0.29) is 22.7 Å². The molecule has 0 fully saturated rings. The predicted octanol–water partition coefficient (Wildman–Crippen LogP) is 3.99. The van der Waals surface area contributed by atoms with Gasteiger partial charge in [0.15, 0.2) is 5.78 Å². The Labute approximate surface area is 138 Å². The molecule has 0 aromatic heterocycles. The molecule has 0 aliphatic rings. The number of hydrogen-bond acceptors (Lipinski definition) is 3. The smallest absolute Gasteiger partial charge is 0.339 e. The summed E-state index contributed by atoms with van der Waals surface area (Å²) >= 11 is 0. The molecule has 0 aliphatic heterocycles. The number of carboxylic acid groups (broad SMARTS) is 1. The van der Waals surface area contributed by atoms with Crippen molar-refractivity contribution in [3.8, 4) is 16.9 Å². The molecule has 0 heterocycles. The Kier molecular flexibility index (Phi) is 4.12. The SMILES string of the molecule is O=C(c1cccc(-c2ccccc2)c1)c1ccc(O)c(C(=O)O)c1. The first-order valence-electron chi connectivity index (χ1n) is 7.33. The Balaban J connectivity index is 1.99. The Morgan fingerprint density at radius 2 is 1.38 bits per heavy atom. The minimum atomic E-state index is -1.28. The summed E-state index contributed by atoms with van der Waals surface area (Å²) in [5.41, 5.74) is 2.27. The zero-order valence-corrected chi connectivity index (χ0v) is 12.6. The van der Waals surface area contributed by atoms with Crippen LogP contribution < -0.4 is 0 Å². The highest BCUT2D eigenvalue weighted by Crippen LogP contribution is 2.24. The first-order valence-corrected chi connectivity index (χ1v) is 7.33. The van der Waals surface area contributed by atoms with Crippen molar-refractivity contribution >= 4 is 11.8 Å². The minimum Gasteiger partial charge on any atom is -0.507 e. The summed E-state index contributed by atoms with van der Waals surface area (Å²) in [6.45, 7) is 0. The van der Waals surface area contributed by atoms with Gasteiger partial charge in [0, 0.05) is 11.1 Å². The molecular formula is C20H14O4. The van der Waals surface area contributed by atoms with Gasteiger partial charge in [0.05, 0.1) is 0 Å². The number of ketones is 1. The molecule has 3 aromatic rings. The van der Waals surface area contributed by atoms with Crippen LogP contribution in [-0.2, 0) is 0 Å². The van der Waals surface area contributed by atoms with Crippen LogP contribution in [0.2, 0.25) is 0 Å². The van der Waals surface area contributed by atoms with Crippen molar-refractivity contribution < 1.29 is 19.8 Å². The molecule has 0 aliphatic carbocycles. The second-order valence-electron chi connectivity index (χ2n) is 5.31. The Hall–Kier alpha value is -3.40. The van der Waals surface area contributed by atoms with Gasteiger partial charge in [-0.3, -0.25) is 4.79 Å². The molecule has 4 heteroatoms. The molecule has 0 saturated carbocycles. The van der Waals surface area contributed by atoms with Crippen LogP contribution in [-0.4, -0.2) is 22.0 Å². The van der Waals surface area contributed by atoms with Crippen molar-refractivity contribution in [3.05, 3.63) is 89.5 Å². The van der Waals surface area contributed by atoms with E-state index < -0.39 is 5.97 Å². The number of aromatic carboxylic acids is 1. The van der Waals surface area contributed by atoms with Gasteiger partial charge in [-0.1, -0.05) is 48.5 Å². The summed E-state index contributed by atoms with van der Waals surface area (Å²) in [5, 5.41) is 18.6. The maximum absolute atomic E-state index is 12.6. The van der Waals surface area contributed by atoms with Crippen LogP contribution >= 0.6 is 0 Å². The van der Waals surface area contributed by atoms with E-state index in [9.17, 15) is 14.7 Å².